The van der Waals surface area contributed by atoms with Gasteiger partial charge in [0.05, 0.1) is 17.9 Å². The molecule has 0 spiro atoms. The van der Waals surface area contributed by atoms with E-state index in [-0.39, 0.29) is 11.3 Å². The summed E-state index contributed by atoms with van der Waals surface area (Å²) in [4.78, 5) is 31.3. The molecule has 30 heavy (non-hydrogen) atoms. The number of Topliss-reactive ketones (excluding diaryl/α,β-unsaturated/α-hetero) is 1. The van der Waals surface area contributed by atoms with Crippen molar-refractivity contribution >= 4 is 29.1 Å². The molecule has 0 bridgehead atoms. The summed E-state index contributed by atoms with van der Waals surface area (Å²) in [5, 5.41) is 11.5. The zero-order valence-corrected chi connectivity index (χ0v) is 16.9. The second-order valence-corrected chi connectivity index (χ2v) is 7.50. The Balaban J connectivity index is 1.71. The Kier molecular flexibility index (Phi) is 5.68. The van der Waals surface area contributed by atoms with Crippen LogP contribution < -0.4 is 0 Å². The van der Waals surface area contributed by atoms with Crippen LogP contribution in [0.3, 0.4) is 0 Å². The van der Waals surface area contributed by atoms with Crippen molar-refractivity contribution in [2.75, 3.05) is 6.54 Å². The standard InChI is InChI=1S/C23H20ClN3O3/c24-18-9-7-17(8-10-18)21(28)19-20(16-5-2-1-3-6-16)27(23(30)22(19)29)13-4-12-26-14-11-25-15-26/h1-3,5-11,14-15,20,28H,4,12-13H2. The number of ketones is 1. The quantitative estimate of drug-likeness (QED) is 0.370. The number of aryl methyl sites for hydroxylation is 1. The molecule has 1 N–H and O–H groups in total. The molecule has 2 aromatic carbocycles. The Hall–Kier alpha value is -3.38. The van der Waals surface area contributed by atoms with Gasteiger partial charge < -0.3 is 14.6 Å². The van der Waals surface area contributed by atoms with E-state index >= 15 is 0 Å². The van der Waals surface area contributed by atoms with Crippen LogP contribution in [0.5, 0.6) is 0 Å². The first-order valence-corrected chi connectivity index (χ1v) is 9.99. The number of carbonyl (C=O) groups is 2. The van der Waals surface area contributed by atoms with E-state index in [1.165, 1.54) is 4.90 Å². The van der Waals surface area contributed by atoms with Gasteiger partial charge in [-0.15, -0.1) is 0 Å². The summed E-state index contributed by atoms with van der Waals surface area (Å²) < 4.78 is 1.92. The van der Waals surface area contributed by atoms with Crippen LogP contribution in [0.15, 0.2) is 78.9 Å². The third-order valence-electron chi connectivity index (χ3n) is 5.15. The first-order valence-electron chi connectivity index (χ1n) is 9.61. The molecule has 2 heterocycles. The molecule has 3 aromatic rings. The first-order chi connectivity index (χ1) is 14.6. The maximum atomic E-state index is 12.9. The smallest absolute Gasteiger partial charge is 0.295 e. The predicted molar refractivity (Wildman–Crippen MR) is 114 cm³/mol. The van der Waals surface area contributed by atoms with Gasteiger partial charge in [0.1, 0.15) is 5.76 Å². The van der Waals surface area contributed by atoms with E-state index in [1.54, 1.807) is 36.8 Å². The zero-order chi connectivity index (χ0) is 21.1. The van der Waals surface area contributed by atoms with E-state index in [9.17, 15) is 14.7 Å². The highest BCUT2D eigenvalue weighted by Crippen LogP contribution is 2.39. The molecule has 1 fully saturated rings. The lowest BCUT2D eigenvalue weighted by Crippen LogP contribution is -2.31. The summed E-state index contributed by atoms with van der Waals surface area (Å²) in [6, 6.07) is 15.2. The molecule has 6 nitrogen and oxygen atoms in total. The molecule has 1 saturated heterocycles. The van der Waals surface area contributed by atoms with Gasteiger partial charge in [-0.05, 0) is 36.2 Å². The number of hydrogen-bond acceptors (Lipinski definition) is 4. The van der Waals surface area contributed by atoms with Crippen molar-refractivity contribution in [1.29, 1.82) is 0 Å². The molecule has 7 heteroatoms. The number of aliphatic hydroxyl groups excluding tert-OH is 1. The normalized spacial score (nSPS) is 18.2. The molecule has 1 aromatic heterocycles. The summed E-state index contributed by atoms with van der Waals surface area (Å²) in [6.07, 6.45) is 5.91. The van der Waals surface area contributed by atoms with Gasteiger partial charge >= 0.3 is 0 Å². The molecule has 1 atom stereocenters. The topological polar surface area (TPSA) is 75.4 Å². The Morgan fingerprint density at radius 2 is 1.77 bits per heavy atom. The van der Waals surface area contributed by atoms with Gasteiger partial charge in [0, 0.05) is 36.1 Å². The third kappa shape index (κ3) is 3.86. The number of halogens is 1. The van der Waals surface area contributed by atoms with Gasteiger partial charge in [0.25, 0.3) is 11.7 Å². The highest BCUT2D eigenvalue weighted by Gasteiger charge is 2.45. The summed E-state index contributed by atoms with van der Waals surface area (Å²) in [7, 11) is 0. The van der Waals surface area contributed by atoms with Gasteiger partial charge in [-0.1, -0.05) is 41.9 Å². The van der Waals surface area contributed by atoms with Crippen LogP contribution in [0, 0.1) is 0 Å². The van der Waals surface area contributed by atoms with Crippen molar-refractivity contribution in [2.24, 2.45) is 0 Å². The molecular formula is C23H20ClN3O3. The predicted octanol–water partition coefficient (Wildman–Crippen LogP) is 4.05. The Labute approximate surface area is 179 Å². The van der Waals surface area contributed by atoms with E-state index < -0.39 is 17.7 Å². The fourth-order valence-corrected chi connectivity index (χ4v) is 3.82. The average molecular weight is 422 g/mol. The third-order valence-corrected chi connectivity index (χ3v) is 5.40. The number of carbonyl (C=O) groups excluding carboxylic acids is 2. The Bertz CT molecular complexity index is 1080. The molecule has 1 unspecified atom stereocenters. The van der Waals surface area contributed by atoms with Gasteiger partial charge in [0.2, 0.25) is 0 Å². The van der Waals surface area contributed by atoms with Crippen molar-refractivity contribution in [2.45, 2.75) is 19.0 Å². The molecule has 1 amide bonds. The van der Waals surface area contributed by atoms with Gasteiger partial charge in [-0.2, -0.15) is 0 Å². The number of hydrogen-bond donors (Lipinski definition) is 1. The highest BCUT2D eigenvalue weighted by molar-refractivity contribution is 6.46. The second-order valence-electron chi connectivity index (χ2n) is 7.06. The van der Waals surface area contributed by atoms with Crippen molar-refractivity contribution in [3.63, 3.8) is 0 Å². The van der Waals surface area contributed by atoms with Gasteiger partial charge in [-0.3, -0.25) is 9.59 Å². The maximum absolute atomic E-state index is 12.9. The minimum Gasteiger partial charge on any atom is -0.507 e. The molecule has 4 rings (SSSR count). The van der Waals surface area contributed by atoms with Gasteiger partial charge in [0.15, 0.2) is 0 Å². The van der Waals surface area contributed by atoms with E-state index in [0.29, 0.717) is 30.1 Å². The molecular weight excluding hydrogens is 402 g/mol. The lowest BCUT2D eigenvalue weighted by atomic mass is 9.95. The maximum Gasteiger partial charge on any atom is 0.295 e. The Morgan fingerprint density at radius 1 is 1.03 bits per heavy atom. The van der Waals surface area contributed by atoms with Crippen LogP contribution in [0.25, 0.3) is 5.76 Å². The average Bonchev–Trinajstić information content (AvgIpc) is 3.37. The van der Waals surface area contributed by atoms with Crippen LogP contribution in [-0.2, 0) is 16.1 Å². The number of imidazole rings is 1. The van der Waals surface area contributed by atoms with E-state index in [0.717, 1.165) is 5.56 Å². The highest BCUT2D eigenvalue weighted by atomic mass is 35.5. The fourth-order valence-electron chi connectivity index (χ4n) is 3.70. The monoisotopic (exact) mass is 421 g/mol. The fraction of sp³-hybridized carbons (Fsp3) is 0.174. The van der Waals surface area contributed by atoms with E-state index in [1.807, 2.05) is 41.1 Å². The number of nitrogens with zero attached hydrogens (tertiary/aromatic N) is 3. The molecule has 1 aliphatic rings. The minimum atomic E-state index is -0.682. The van der Waals surface area contributed by atoms with E-state index in [2.05, 4.69) is 4.98 Å². The molecule has 1 aliphatic heterocycles. The molecule has 152 valence electrons. The van der Waals surface area contributed by atoms with Crippen LogP contribution in [0.2, 0.25) is 5.02 Å². The summed E-state index contributed by atoms with van der Waals surface area (Å²) in [5.74, 6) is -1.49. The molecule has 0 saturated carbocycles. The number of benzene rings is 2. The summed E-state index contributed by atoms with van der Waals surface area (Å²) >= 11 is 5.94. The summed E-state index contributed by atoms with van der Waals surface area (Å²) in [6.45, 7) is 1.04. The summed E-state index contributed by atoms with van der Waals surface area (Å²) in [5.41, 5.74) is 1.31. The second kappa shape index (κ2) is 8.55. The van der Waals surface area contributed by atoms with Crippen LogP contribution in [-0.4, -0.2) is 37.8 Å². The number of aliphatic hydroxyl groups is 1. The lowest BCUT2D eigenvalue weighted by molar-refractivity contribution is -0.139. The lowest BCUT2D eigenvalue weighted by Gasteiger charge is -2.25. The van der Waals surface area contributed by atoms with Crippen LogP contribution in [0.4, 0.5) is 0 Å². The van der Waals surface area contributed by atoms with Crippen LogP contribution >= 0.6 is 11.6 Å². The number of rotatable bonds is 6. The van der Waals surface area contributed by atoms with Gasteiger partial charge in [-0.25, -0.2) is 4.98 Å². The number of aromatic nitrogens is 2. The zero-order valence-electron chi connectivity index (χ0n) is 16.1. The van der Waals surface area contributed by atoms with Crippen molar-refractivity contribution in [3.8, 4) is 0 Å². The largest absolute Gasteiger partial charge is 0.507 e. The SMILES string of the molecule is O=C1C(=O)N(CCCn2ccnc2)C(c2ccccc2)C1=C(O)c1ccc(Cl)cc1. The molecule has 0 radical (unpaired) electrons. The van der Waals surface area contributed by atoms with Crippen molar-refractivity contribution in [3.05, 3.63) is 95.0 Å². The Morgan fingerprint density at radius 3 is 2.43 bits per heavy atom. The number of amides is 1. The van der Waals surface area contributed by atoms with Crippen molar-refractivity contribution < 1.29 is 14.7 Å². The van der Waals surface area contributed by atoms with Crippen molar-refractivity contribution in [1.82, 2.24) is 14.5 Å². The molecule has 0 aliphatic carbocycles. The minimum absolute atomic E-state index is 0.0937. The van der Waals surface area contributed by atoms with E-state index in [4.69, 9.17) is 11.6 Å². The number of likely N-dealkylation sites (tertiary alicyclic amines) is 1. The first kappa shape index (κ1) is 19.9. The van der Waals surface area contributed by atoms with Crippen LogP contribution in [0.1, 0.15) is 23.6 Å².